The number of hydrogen-bond acceptors (Lipinski definition) is 10. The van der Waals surface area contributed by atoms with Gasteiger partial charge in [-0.1, -0.05) is 96.2 Å². The average molecular weight is 656 g/mol. The van der Waals surface area contributed by atoms with E-state index in [1.165, 1.54) is 18.4 Å². The van der Waals surface area contributed by atoms with Crippen LogP contribution in [0.25, 0.3) is 0 Å². The summed E-state index contributed by atoms with van der Waals surface area (Å²) in [5.74, 6) is -2.29. The molecule has 0 bridgehead atoms. The zero-order valence-electron chi connectivity index (χ0n) is 24.5. The summed E-state index contributed by atoms with van der Waals surface area (Å²) < 4.78 is 0. The Morgan fingerprint density at radius 3 is 2.07 bits per heavy atom. The Kier molecular flexibility index (Phi) is 8.88. The molecule has 46 heavy (non-hydrogen) atoms. The third-order valence-corrected chi connectivity index (χ3v) is 9.78. The van der Waals surface area contributed by atoms with Crippen LogP contribution in [0.5, 0.6) is 0 Å². The molecule has 2 atom stereocenters. The van der Waals surface area contributed by atoms with E-state index in [1.807, 2.05) is 91.0 Å². The second-order valence-corrected chi connectivity index (χ2v) is 12.4. The summed E-state index contributed by atoms with van der Waals surface area (Å²) in [5.41, 5.74) is 1.91. The third kappa shape index (κ3) is 5.53. The molecule has 2 aliphatic heterocycles. The summed E-state index contributed by atoms with van der Waals surface area (Å²) >= 11 is 2.43. The molecule has 0 aliphatic carbocycles. The number of carbonyl (C=O) groups is 3. The summed E-state index contributed by atoms with van der Waals surface area (Å²) in [6.07, 6.45) is 0. The molecule has 3 aromatic carbocycles. The SMILES string of the molecule is CO/N=C(\C(=O)N[C@@H]1C(=O)N2C(C(=O)O)=C(CO)SC[C@H]12)c1csc(NC(c2ccccc2)(c2ccccc2)c2ccccc2)n1. The van der Waals surface area contributed by atoms with Gasteiger partial charge in [0.15, 0.2) is 10.8 Å². The summed E-state index contributed by atoms with van der Waals surface area (Å²) in [4.78, 5) is 49.4. The van der Waals surface area contributed by atoms with Crippen molar-refractivity contribution in [2.75, 3.05) is 24.8 Å². The molecule has 0 spiro atoms. The predicted octanol–water partition coefficient (Wildman–Crippen LogP) is 3.63. The second-order valence-electron chi connectivity index (χ2n) is 10.4. The van der Waals surface area contributed by atoms with E-state index in [0.29, 0.717) is 10.9 Å². The largest absolute Gasteiger partial charge is 0.477 e. The van der Waals surface area contributed by atoms with Crippen LogP contribution in [-0.2, 0) is 24.8 Å². The van der Waals surface area contributed by atoms with Crippen LogP contribution in [0.15, 0.2) is 112 Å². The van der Waals surface area contributed by atoms with E-state index in [-0.39, 0.29) is 22.0 Å². The molecule has 13 heteroatoms. The monoisotopic (exact) mass is 655 g/mol. The number of aliphatic carboxylic acids is 1. The number of carboxylic acid groups (broad SMARTS) is 1. The number of fused-ring (bicyclic) bond motifs is 1. The third-order valence-electron chi connectivity index (χ3n) is 7.85. The van der Waals surface area contributed by atoms with Crippen molar-refractivity contribution >= 4 is 51.7 Å². The highest BCUT2D eigenvalue weighted by Gasteiger charge is 2.54. The Labute approximate surface area is 272 Å². The maximum absolute atomic E-state index is 13.5. The normalized spacial score (nSPS) is 18.0. The predicted molar refractivity (Wildman–Crippen MR) is 175 cm³/mol. The molecule has 1 aromatic heterocycles. The lowest BCUT2D eigenvalue weighted by molar-refractivity contribution is -0.153. The number of nitrogens with zero attached hydrogens (tertiary/aromatic N) is 3. The van der Waals surface area contributed by atoms with Gasteiger partial charge in [0.1, 0.15) is 30.1 Å². The molecule has 0 radical (unpaired) electrons. The topological polar surface area (TPSA) is 153 Å². The van der Waals surface area contributed by atoms with Crippen molar-refractivity contribution in [3.05, 3.63) is 129 Å². The number of amides is 2. The van der Waals surface area contributed by atoms with Crippen molar-refractivity contribution in [3.8, 4) is 0 Å². The summed E-state index contributed by atoms with van der Waals surface area (Å²) in [5, 5.41) is 31.7. The van der Waals surface area contributed by atoms with E-state index >= 15 is 0 Å². The number of thiazole rings is 1. The lowest BCUT2D eigenvalue weighted by Gasteiger charge is -2.49. The first-order valence-corrected chi connectivity index (χ1v) is 16.1. The Balaban J connectivity index is 1.30. The maximum Gasteiger partial charge on any atom is 0.353 e. The minimum Gasteiger partial charge on any atom is -0.477 e. The molecule has 1 saturated heterocycles. The fourth-order valence-corrected chi connectivity index (χ4v) is 7.65. The Morgan fingerprint density at radius 1 is 1.00 bits per heavy atom. The van der Waals surface area contributed by atoms with E-state index in [9.17, 15) is 24.6 Å². The molecule has 0 unspecified atom stereocenters. The molecule has 4 aromatic rings. The molecular formula is C33H29N5O6S2. The fourth-order valence-electron chi connectivity index (χ4n) is 5.77. The number of aliphatic hydroxyl groups excluding tert-OH is 1. The van der Waals surface area contributed by atoms with Gasteiger partial charge in [0.2, 0.25) is 0 Å². The van der Waals surface area contributed by atoms with Crippen molar-refractivity contribution in [1.82, 2.24) is 15.2 Å². The van der Waals surface area contributed by atoms with Gasteiger partial charge in [0, 0.05) is 16.0 Å². The summed E-state index contributed by atoms with van der Waals surface area (Å²) in [7, 11) is 1.30. The number of aromatic nitrogens is 1. The van der Waals surface area contributed by atoms with E-state index in [2.05, 4.69) is 15.8 Å². The minimum atomic E-state index is -1.32. The average Bonchev–Trinajstić information content (AvgIpc) is 3.56. The van der Waals surface area contributed by atoms with Gasteiger partial charge in [0.25, 0.3) is 11.8 Å². The van der Waals surface area contributed by atoms with Crippen LogP contribution in [0.1, 0.15) is 22.4 Å². The van der Waals surface area contributed by atoms with Gasteiger partial charge in [-0.05, 0) is 16.7 Å². The first-order valence-electron chi connectivity index (χ1n) is 14.2. The van der Waals surface area contributed by atoms with E-state index in [1.54, 1.807) is 5.38 Å². The van der Waals surface area contributed by atoms with Gasteiger partial charge in [0.05, 0.1) is 12.6 Å². The molecule has 1 fully saturated rings. The number of carbonyl (C=O) groups excluding carboxylic acids is 2. The van der Waals surface area contributed by atoms with Crippen LogP contribution in [0.2, 0.25) is 0 Å². The van der Waals surface area contributed by atoms with Gasteiger partial charge >= 0.3 is 5.97 Å². The van der Waals surface area contributed by atoms with Crippen LogP contribution in [0.4, 0.5) is 5.13 Å². The number of oxime groups is 1. The highest BCUT2D eigenvalue weighted by atomic mass is 32.2. The number of aliphatic hydroxyl groups is 1. The van der Waals surface area contributed by atoms with Gasteiger partial charge in [-0.3, -0.25) is 14.5 Å². The standard InChI is InChI=1S/C33H29N5O6S2/c1-44-37-26(29(40)35-27-24-19-45-25(17-39)28(31(42)43)38(24)30(27)41)23-18-46-32(34-23)36-33(20-11-5-2-6-12-20,21-13-7-3-8-14-21)22-15-9-4-10-16-22/h2-16,18,24,27,39H,17,19H2,1H3,(H,34,36)(H,35,40)(H,42,43)/b37-26-/t24-,27+/m1/s1. The quantitative estimate of drug-likeness (QED) is 0.0821. The maximum atomic E-state index is 13.5. The highest BCUT2D eigenvalue weighted by molar-refractivity contribution is 8.03. The number of rotatable bonds is 11. The molecule has 234 valence electrons. The molecule has 0 saturated carbocycles. The zero-order chi connectivity index (χ0) is 32.3. The molecule has 2 aliphatic rings. The van der Waals surface area contributed by atoms with Crippen LogP contribution in [0, 0.1) is 0 Å². The van der Waals surface area contributed by atoms with Crippen molar-refractivity contribution < 1.29 is 29.4 Å². The number of anilines is 1. The van der Waals surface area contributed by atoms with Crippen molar-refractivity contribution in [2.24, 2.45) is 5.16 Å². The molecule has 2 amide bonds. The van der Waals surface area contributed by atoms with Crippen LogP contribution in [-0.4, -0.2) is 75.1 Å². The van der Waals surface area contributed by atoms with E-state index in [4.69, 9.17) is 9.82 Å². The first kappa shape index (κ1) is 31.0. The number of β-lactam (4-membered cyclic amide) rings is 1. The minimum absolute atomic E-state index is 0.142. The summed E-state index contributed by atoms with van der Waals surface area (Å²) in [6.45, 7) is -0.495. The van der Waals surface area contributed by atoms with Gasteiger partial charge in [-0.15, -0.1) is 23.1 Å². The Hall–Kier alpha value is -4.98. The number of carboxylic acids is 1. The zero-order valence-corrected chi connectivity index (χ0v) is 26.1. The second kappa shape index (κ2) is 13.2. The van der Waals surface area contributed by atoms with Crippen LogP contribution in [0.3, 0.4) is 0 Å². The molecule has 4 N–H and O–H groups in total. The first-order chi connectivity index (χ1) is 22.4. The lowest BCUT2D eigenvalue weighted by atomic mass is 9.77. The Morgan fingerprint density at radius 2 is 1.57 bits per heavy atom. The van der Waals surface area contributed by atoms with E-state index < -0.39 is 42.0 Å². The smallest absolute Gasteiger partial charge is 0.353 e. The fraction of sp³-hybridized carbons (Fsp3) is 0.182. The van der Waals surface area contributed by atoms with Gasteiger partial charge in [-0.2, -0.15) is 0 Å². The number of thioether (sulfide) groups is 1. The van der Waals surface area contributed by atoms with Crippen molar-refractivity contribution in [1.29, 1.82) is 0 Å². The molecule has 3 heterocycles. The van der Waals surface area contributed by atoms with Crippen molar-refractivity contribution in [2.45, 2.75) is 17.6 Å². The number of hydrogen-bond donors (Lipinski definition) is 4. The van der Waals surface area contributed by atoms with Crippen LogP contribution < -0.4 is 10.6 Å². The molecule has 11 nitrogen and oxygen atoms in total. The van der Waals surface area contributed by atoms with Gasteiger partial charge < -0.3 is 25.7 Å². The number of benzene rings is 3. The number of nitrogens with one attached hydrogen (secondary N) is 2. The highest BCUT2D eigenvalue weighted by Crippen LogP contribution is 2.41. The molecule has 6 rings (SSSR count). The van der Waals surface area contributed by atoms with Crippen LogP contribution >= 0.6 is 23.1 Å². The Bertz CT molecular complexity index is 1720. The van der Waals surface area contributed by atoms with Gasteiger partial charge in [-0.25, -0.2) is 9.78 Å². The van der Waals surface area contributed by atoms with Crippen molar-refractivity contribution in [3.63, 3.8) is 0 Å². The summed E-state index contributed by atoms with van der Waals surface area (Å²) in [6, 6.07) is 28.4. The molecular weight excluding hydrogens is 627 g/mol. The lowest BCUT2D eigenvalue weighted by Crippen LogP contribution is -2.73. The van der Waals surface area contributed by atoms with E-state index in [0.717, 1.165) is 33.4 Å².